The van der Waals surface area contributed by atoms with Crippen LogP contribution in [0.5, 0.6) is 0 Å². The number of anilines is 4. The second kappa shape index (κ2) is 8.71. The predicted octanol–water partition coefficient (Wildman–Crippen LogP) is 6.14. The lowest BCUT2D eigenvalue weighted by atomic mass is 10.2. The van der Waals surface area contributed by atoms with E-state index in [0.29, 0.717) is 23.0 Å². The topological polar surface area (TPSA) is 85.2 Å². The van der Waals surface area contributed by atoms with Crippen LogP contribution in [-0.2, 0) is 11.8 Å². The highest BCUT2D eigenvalue weighted by Gasteiger charge is 2.28. The number of aromatic nitrogens is 4. The Bertz CT molecular complexity index is 1310. The van der Waals surface area contributed by atoms with E-state index in [0.717, 1.165) is 16.8 Å². The van der Waals surface area contributed by atoms with Crippen molar-refractivity contribution in [2.75, 3.05) is 10.2 Å². The first kappa shape index (κ1) is 22.5. The Balaban J connectivity index is 1.76. The minimum atomic E-state index is -0.652. The smallest absolute Gasteiger partial charge is 0.421 e. The van der Waals surface area contributed by atoms with E-state index >= 15 is 0 Å². The van der Waals surface area contributed by atoms with Crippen LogP contribution in [0.15, 0.2) is 54.7 Å². The summed E-state index contributed by atoms with van der Waals surface area (Å²) >= 11 is 5.88. The van der Waals surface area contributed by atoms with Crippen molar-refractivity contribution in [2.24, 2.45) is 7.05 Å². The van der Waals surface area contributed by atoms with Gasteiger partial charge in [0.25, 0.3) is 0 Å². The number of hydrogen-bond donors (Lipinski definition) is 1. The molecule has 2 aromatic heterocycles. The van der Waals surface area contributed by atoms with Gasteiger partial charge >= 0.3 is 6.09 Å². The fourth-order valence-corrected chi connectivity index (χ4v) is 3.47. The van der Waals surface area contributed by atoms with Crippen molar-refractivity contribution in [2.45, 2.75) is 33.3 Å². The van der Waals surface area contributed by atoms with E-state index in [1.807, 2.05) is 81.8 Å². The second-order valence-electron chi connectivity index (χ2n) is 8.66. The summed E-state index contributed by atoms with van der Waals surface area (Å²) in [6, 6.07) is 15.1. The minimum Gasteiger partial charge on any atom is -0.443 e. The van der Waals surface area contributed by atoms with Crippen molar-refractivity contribution < 1.29 is 9.53 Å². The van der Waals surface area contributed by atoms with Crippen LogP contribution in [0.25, 0.3) is 11.0 Å². The van der Waals surface area contributed by atoms with Gasteiger partial charge in [0.15, 0.2) is 0 Å². The Hall–Kier alpha value is -3.65. The zero-order valence-electron chi connectivity index (χ0n) is 19.1. The number of nitrogens with one attached hydrogen (secondary N) is 1. The molecule has 9 heteroatoms. The molecule has 0 spiro atoms. The molecule has 33 heavy (non-hydrogen) atoms. The van der Waals surface area contributed by atoms with Gasteiger partial charge in [0.2, 0.25) is 11.2 Å². The van der Waals surface area contributed by atoms with E-state index in [1.165, 1.54) is 4.90 Å². The highest BCUT2D eigenvalue weighted by atomic mass is 35.5. The summed E-state index contributed by atoms with van der Waals surface area (Å²) in [5, 5.41) is 3.36. The normalized spacial score (nSPS) is 11.5. The molecule has 0 aliphatic rings. The molecular weight excluding hydrogens is 440 g/mol. The molecule has 0 aliphatic heterocycles. The minimum absolute atomic E-state index is 0.160. The molecule has 0 aliphatic carbocycles. The van der Waals surface area contributed by atoms with Gasteiger partial charge in [-0.05, 0) is 75.7 Å². The van der Waals surface area contributed by atoms with Crippen LogP contribution in [0.4, 0.5) is 27.9 Å². The first-order valence-corrected chi connectivity index (χ1v) is 10.8. The van der Waals surface area contributed by atoms with Crippen LogP contribution in [-0.4, -0.2) is 31.2 Å². The summed E-state index contributed by atoms with van der Waals surface area (Å²) in [5.41, 5.74) is 3.45. The number of benzene rings is 2. The number of halogens is 1. The van der Waals surface area contributed by atoms with Crippen LogP contribution < -0.4 is 10.2 Å². The predicted molar refractivity (Wildman–Crippen MR) is 131 cm³/mol. The Labute approximate surface area is 197 Å². The van der Waals surface area contributed by atoms with E-state index in [-0.39, 0.29) is 5.28 Å². The van der Waals surface area contributed by atoms with Crippen molar-refractivity contribution in [1.29, 1.82) is 0 Å². The van der Waals surface area contributed by atoms with Gasteiger partial charge in [-0.3, -0.25) is 0 Å². The fourth-order valence-electron chi connectivity index (χ4n) is 3.32. The largest absolute Gasteiger partial charge is 0.443 e. The van der Waals surface area contributed by atoms with Gasteiger partial charge in [0.1, 0.15) is 11.4 Å². The Morgan fingerprint density at radius 2 is 1.82 bits per heavy atom. The summed E-state index contributed by atoms with van der Waals surface area (Å²) in [4.78, 5) is 27.5. The number of fused-ring (bicyclic) bond motifs is 1. The summed E-state index contributed by atoms with van der Waals surface area (Å²) in [7, 11) is 1.87. The maximum atomic E-state index is 13.2. The number of nitrogens with zero attached hydrogens (tertiary/aromatic N) is 5. The average molecular weight is 465 g/mol. The molecule has 0 saturated carbocycles. The van der Waals surface area contributed by atoms with Crippen LogP contribution in [0.1, 0.15) is 26.3 Å². The fraction of sp³-hybridized carbons (Fsp3) is 0.250. The highest BCUT2D eigenvalue weighted by Crippen LogP contribution is 2.31. The van der Waals surface area contributed by atoms with Gasteiger partial charge in [-0.1, -0.05) is 17.7 Å². The number of carbonyl (C=O) groups excluding carboxylic acids is 1. The average Bonchev–Trinajstić information content (AvgIpc) is 3.04. The Morgan fingerprint density at radius 3 is 2.48 bits per heavy atom. The Morgan fingerprint density at radius 1 is 1.09 bits per heavy atom. The van der Waals surface area contributed by atoms with Gasteiger partial charge < -0.3 is 14.6 Å². The molecule has 2 aromatic carbocycles. The number of aryl methyl sites for hydroxylation is 2. The maximum Gasteiger partial charge on any atom is 0.421 e. The van der Waals surface area contributed by atoms with Gasteiger partial charge in [-0.2, -0.15) is 0 Å². The third-order valence-corrected chi connectivity index (χ3v) is 5.01. The van der Waals surface area contributed by atoms with Crippen LogP contribution >= 0.6 is 11.6 Å². The van der Waals surface area contributed by atoms with E-state index in [9.17, 15) is 4.79 Å². The van der Waals surface area contributed by atoms with E-state index in [1.54, 1.807) is 12.3 Å². The maximum absolute atomic E-state index is 13.2. The standard InChI is InChI=1S/C24H25ClN6O2/c1-15-6-9-17(10-7-15)31(23(32)33-24(2,3)4)22-28-18-14-16(8-11-19(18)30(22)5)27-20-12-13-26-21(25)29-20/h6-14H,1-5H3,(H,26,27,29). The number of imidazole rings is 1. The number of rotatable bonds is 4. The molecule has 0 radical (unpaired) electrons. The molecule has 0 fully saturated rings. The molecule has 0 unspecified atom stereocenters. The molecule has 1 N–H and O–H groups in total. The van der Waals surface area contributed by atoms with Crippen molar-refractivity contribution >= 4 is 51.9 Å². The SMILES string of the molecule is Cc1ccc(N(C(=O)OC(C)(C)C)c2nc3cc(Nc4ccnc(Cl)n4)ccc3n2C)cc1. The molecule has 8 nitrogen and oxygen atoms in total. The summed E-state index contributed by atoms with van der Waals surface area (Å²) in [6.07, 6.45) is 1.08. The van der Waals surface area contributed by atoms with E-state index in [4.69, 9.17) is 21.3 Å². The molecular formula is C24H25ClN6O2. The quantitative estimate of drug-likeness (QED) is 0.365. The lowest BCUT2D eigenvalue weighted by Gasteiger charge is -2.26. The molecule has 1 amide bonds. The molecule has 2 heterocycles. The van der Waals surface area contributed by atoms with Crippen molar-refractivity contribution in [3.8, 4) is 0 Å². The summed E-state index contributed by atoms with van der Waals surface area (Å²) in [6.45, 7) is 7.51. The van der Waals surface area contributed by atoms with Gasteiger partial charge in [0.05, 0.1) is 16.7 Å². The molecule has 0 atom stereocenters. The van der Waals surface area contributed by atoms with Gasteiger partial charge in [-0.25, -0.2) is 24.6 Å². The highest BCUT2D eigenvalue weighted by molar-refractivity contribution is 6.28. The second-order valence-corrected chi connectivity index (χ2v) is 9.00. The zero-order valence-corrected chi connectivity index (χ0v) is 19.9. The molecule has 4 aromatic rings. The monoisotopic (exact) mass is 464 g/mol. The van der Waals surface area contributed by atoms with Crippen LogP contribution in [0, 0.1) is 6.92 Å². The third-order valence-electron chi connectivity index (χ3n) is 4.82. The molecule has 0 bridgehead atoms. The Kier molecular flexibility index (Phi) is 5.95. The number of carbonyl (C=O) groups is 1. The third kappa shape index (κ3) is 5.06. The van der Waals surface area contributed by atoms with E-state index < -0.39 is 11.7 Å². The first-order chi connectivity index (χ1) is 15.6. The molecule has 0 saturated heterocycles. The number of amides is 1. The van der Waals surface area contributed by atoms with Crippen LogP contribution in [0.3, 0.4) is 0 Å². The summed E-state index contributed by atoms with van der Waals surface area (Å²) < 4.78 is 7.56. The van der Waals surface area contributed by atoms with Crippen molar-refractivity contribution in [3.63, 3.8) is 0 Å². The number of ether oxygens (including phenoxy) is 1. The van der Waals surface area contributed by atoms with Crippen molar-refractivity contribution in [1.82, 2.24) is 19.5 Å². The van der Waals surface area contributed by atoms with Crippen molar-refractivity contribution in [3.05, 3.63) is 65.6 Å². The first-order valence-electron chi connectivity index (χ1n) is 10.4. The number of hydrogen-bond acceptors (Lipinski definition) is 6. The summed E-state index contributed by atoms with van der Waals surface area (Å²) in [5.74, 6) is 1.02. The molecule has 4 rings (SSSR count). The lowest BCUT2D eigenvalue weighted by molar-refractivity contribution is 0.0596. The lowest BCUT2D eigenvalue weighted by Crippen LogP contribution is -2.35. The van der Waals surface area contributed by atoms with E-state index in [2.05, 4.69) is 15.3 Å². The van der Waals surface area contributed by atoms with Gasteiger partial charge in [-0.15, -0.1) is 0 Å². The zero-order chi connectivity index (χ0) is 23.8. The van der Waals surface area contributed by atoms with Gasteiger partial charge in [0, 0.05) is 18.9 Å². The van der Waals surface area contributed by atoms with Crippen LogP contribution in [0.2, 0.25) is 5.28 Å². The molecule has 170 valence electrons.